The van der Waals surface area contributed by atoms with E-state index in [1.807, 2.05) is 0 Å². The molecule has 0 spiro atoms. The average Bonchev–Trinajstić information content (AvgIpc) is 2.34. The second kappa shape index (κ2) is 8.34. The zero-order chi connectivity index (χ0) is 14.3. The van der Waals surface area contributed by atoms with Gasteiger partial charge in [0.1, 0.15) is 0 Å². The molecule has 1 unspecified atom stereocenters. The van der Waals surface area contributed by atoms with Crippen LogP contribution < -0.4 is 5.32 Å². The summed E-state index contributed by atoms with van der Waals surface area (Å²) in [6.07, 6.45) is 1.44. The molecule has 1 rings (SSSR count). The molecule has 0 saturated heterocycles. The topological polar surface area (TPSA) is 21.3 Å². The van der Waals surface area contributed by atoms with Crippen molar-refractivity contribution in [2.24, 2.45) is 5.92 Å². The second-order valence-corrected chi connectivity index (χ2v) is 6.06. The minimum atomic E-state index is 0.325. The molecule has 1 aromatic carbocycles. The second-order valence-electron chi connectivity index (χ2n) is 6.06. The molecule has 0 radical (unpaired) electrons. The summed E-state index contributed by atoms with van der Waals surface area (Å²) in [7, 11) is 0. The molecular weight excluding hydrogens is 234 g/mol. The fraction of sp³-hybridized carbons (Fsp3) is 0.647. The highest BCUT2D eigenvalue weighted by molar-refractivity contribution is 5.26. The highest BCUT2D eigenvalue weighted by Crippen LogP contribution is 2.14. The highest BCUT2D eigenvalue weighted by Gasteiger charge is 2.08. The lowest BCUT2D eigenvalue weighted by molar-refractivity contribution is 0.0393. The van der Waals surface area contributed by atoms with E-state index in [2.05, 4.69) is 64.2 Å². The molecule has 0 aromatic heterocycles. The largest absolute Gasteiger partial charge is 0.374 e. The molecular formula is C17H29NO. The van der Waals surface area contributed by atoms with Gasteiger partial charge in [-0.1, -0.05) is 52.0 Å². The molecule has 0 aliphatic rings. The number of rotatable bonds is 8. The molecule has 0 saturated carbocycles. The summed E-state index contributed by atoms with van der Waals surface area (Å²) in [6.45, 7) is 12.6. The minimum Gasteiger partial charge on any atom is -0.374 e. The lowest BCUT2D eigenvalue weighted by atomic mass is 10.1. The molecule has 2 heteroatoms. The molecule has 108 valence electrons. The van der Waals surface area contributed by atoms with Gasteiger partial charge in [-0.3, -0.25) is 0 Å². The smallest absolute Gasteiger partial charge is 0.0723 e. The van der Waals surface area contributed by atoms with Crippen LogP contribution in [0, 0.1) is 5.92 Å². The van der Waals surface area contributed by atoms with Crippen molar-refractivity contribution < 1.29 is 4.74 Å². The summed E-state index contributed by atoms with van der Waals surface area (Å²) in [5.41, 5.74) is 2.64. The summed E-state index contributed by atoms with van der Waals surface area (Å²) in [4.78, 5) is 0. The number of benzene rings is 1. The third-order valence-corrected chi connectivity index (χ3v) is 3.15. The first-order chi connectivity index (χ1) is 8.99. The van der Waals surface area contributed by atoms with Gasteiger partial charge < -0.3 is 10.1 Å². The van der Waals surface area contributed by atoms with Gasteiger partial charge in [0.15, 0.2) is 0 Å². The molecule has 0 aliphatic carbocycles. The lowest BCUT2D eigenvalue weighted by Gasteiger charge is -2.17. The van der Waals surface area contributed by atoms with Gasteiger partial charge in [-0.25, -0.2) is 0 Å². The van der Waals surface area contributed by atoms with E-state index in [9.17, 15) is 0 Å². The number of nitrogens with one attached hydrogen (secondary N) is 1. The van der Waals surface area contributed by atoms with Crippen LogP contribution in [0.2, 0.25) is 0 Å². The van der Waals surface area contributed by atoms with Gasteiger partial charge in [-0.05, 0) is 30.4 Å². The van der Waals surface area contributed by atoms with Crippen LogP contribution in [0.15, 0.2) is 24.3 Å². The van der Waals surface area contributed by atoms with Crippen LogP contribution in [0.5, 0.6) is 0 Å². The lowest BCUT2D eigenvalue weighted by Crippen LogP contribution is -2.22. The summed E-state index contributed by atoms with van der Waals surface area (Å²) >= 11 is 0. The Kier molecular flexibility index (Phi) is 7.11. The van der Waals surface area contributed by atoms with E-state index in [1.54, 1.807) is 0 Å². The fourth-order valence-corrected chi connectivity index (χ4v) is 2.15. The maximum absolute atomic E-state index is 5.96. The Morgan fingerprint density at radius 3 is 2.21 bits per heavy atom. The standard InChI is InChI=1S/C17H29NO/c1-13(2)10-15(5)19-12-17-9-7-6-8-16(17)11-18-14(3)4/h6-9,13-15,18H,10-12H2,1-5H3. The molecule has 0 amide bonds. The van der Waals surface area contributed by atoms with Gasteiger partial charge >= 0.3 is 0 Å². The third-order valence-electron chi connectivity index (χ3n) is 3.15. The summed E-state index contributed by atoms with van der Waals surface area (Å²) in [6, 6.07) is 9.04. The van der Waals surface area contributed by atoms with E-state index in [1.165, 1.54) is 11.1 Å². The molecule has 0 heterocycles. The van der Waals surface area contributed by atoms with Crippen LogP contribution >= 0.6 is 0 Å². The Hall–Kier alpha value is -0.860. The van der Waals surface area contributed by atoms with Crippen LogP contribution in [-0.4, -0.2) is 12.1 Å². The van der Waals surface area contributed by atoms with E-state index >= 15 is 0 Å². The van der Waals surface area contributed by atoms with Crippen LogP contribution in [0.4, 0.5) is 0 Å². The van der Waals surface area contributed by atoms with Crippen molar-refractivity contribution in [2.45, 2.75) is 66.3 Å². The first-order valence-corrected chi connectivity index (χ1v) is 7.40. The molecule has 0 fully saturated rings. The summed E-state index contributed by atoms with van der Waals surface area (Å²) < 4.78 is 5.96. The van der Waals surface area contributed by atoms with Gasteiger partial charge in [0.25, 0.3) is 0 Å². The van der Waals surface area contributed by atoms with Crippen molar-refractivity contribution in [3.63, 3.8) is 0 Å². The number of hydrogen-bond acceptors (Lipinski definition) is 2. The minimum absolute atomic E-state index is 0.325. The van der Waals surface area contributed by atoms with Gasteiger partial charge in [0.2, 0.25) is 0 Å². The van der Waals surface area contributed by atoms with Crippen LogP contribution in [0.25, 0.3) is 0 Å². The highest BCUT2D eigenvalue weighted by atomic mass is 16.5. The molecule has 1 aromatic rings. The van der Waals surface area contributed by atoms with Gasteiger partial charge in [0.05, 0.1) is 12.7 Å². The van der Waals surface area contributed by atoms with Crippen molar-refractivity contribution in [1.82, 2.24) is 5.32 Å². The first kappa shape index (κ1) is 16.2. The third kappa shape index (κ3) is 6.74. The fourth-order valence-electron chi connectivity index (χ4n) is 2.15. The van der Waals surface area contributed by atoms with Crippen LogP contribution in [0.1, 0.15) is 52.2 Å². The van der Waals surface area contributed by atoms with Gasteiger partial charge in [-0.2, -0.15) is 0 Å². The zero-order valence-electron chi connectivity index (χ0n) is 13.1. The maximum Gasteiger partial charge on any atom is 0.0723 e. The monoisotopic (exact) mass is 263 g/mol. The van der Waals surface area contributed by atoms with Crippen molar-refractivity contribution in [2.75, 3.05) is 0 Å². The zero-order valence-corrected chi connectivity index (χ0v) is 13.1. The van der Waals surface area contributed by atoms with E-state index in [0.717, 1.165) is 13.0 Å². The first-order valence-electron chi connectivity index (χ1n) is 7.40. The Bertz CT molecular complexity index is 360. The molecule has 1 atom stereocenters. The molecule has 1 N–H and O–H groups in total. The predicted octanol–water partition coefficient (Wildman–Crippen LogP) is 4.14. The quantitative estimate of drug-likeness (QED) is 0.761. The average molecular weight is 263 g/mol. The van der Waals surface area contributed by atoms with Crippen molar-refractivity contribution in [3.8, 4) is 0 Å². The molecule has 19 heavy (non-hydrogen) atoms. The number of hydrogen-bond donors (Lipinski definition) is 1. The van der Waals surface area contributed by atoms with Gasteiger partial charge in [0, 0.05) is 12.6 Å². The molecule has 0 bridgehead atoms. The normalized spacial score (nSPS) is 13.2. The van der Waals surface area contributed by atoms with Gasteiger partial charge in [-0.15, -0.1) is 0 Å². The van der Waals surface area contributed by atoms with Crippen molar-refractivity contribution in [3.05, 3.63) is 35.4 Å². The SMILES string of the molecule is CC(C)CC(C)OCc1ccccc1CNC(C)C. The Balaban J connectivity index is 2.52. The van der Waals surface area contributed by atoms with Crippen LogP contribution in [-0.2, 0) is 17.9 Å². The molecule has 0 aliphatic heterocycles. The van der Waals surface area contributed by atoms with E-state index < -0.39 is 0 Å². The molecule has 2 nitrogen and oxygen atoms in total. The van der Waals surface area contributed by atoms with Crippen molar-refractivity contribution >= 4 is 0 Å². The predicted molar refractivity (Wildman–Crippen MR) is 82.1 cm³/mol. The number of ether oxygens (including phenoxy) is 1. The Morgan fingerprint density at radius 2 is 1.63 bits per heavy atom. The summed E-state index contributed by atoms with van der Waals surface area (Å²) in [5.74, 6) is 0.688. The Morgan fingerprint density at radius 1 is 1.00 bits per heavy atom. The summed E-state index contributed by atoms with van der Waals surface area (Å²) in [5, 5.41) is 3.47. The van der Waals surface area contributed by atoms with E-state index in [0.29, 0.717) is 24.7 Å². The van der Waals surface area contributed by atoms with Crippen LogP contribution in [0.3, 0.4) is 0 Å². The van der Waals surface area contributed by atoms with E-state index in [-0.39, 0.29) is 0 Å². The maximum atomic E-state index is 5.96. The Labute approximate surface area is 118 Å². The van der Waals surface area contributed by atoms with E-state index in [4.69, 9.17) is 4.74 Å². The van der Waals surface area contributed by atoms with Crippen molar-refractivity contribution in [1.29, 1.82) is 0 Å².